The highest BCUT2D eigenvalue weighted by Crippen LogP contribution is 2.34. The maximum absolute atomic E-state index is 13.1. The first kappa shape index (κ1) is 47.6. The number of aliphatic hydroxyl groups excluding tert-OH is 8. The van der Waals surface area contributed by atoms with Gasteiger partial charge in [-0.3, -0.25) is 23.9 Å². The van der Waals surface area contributed by atoms with Gasteiger partial charge in [0, 0.05) is 25.6 Å². The standard InChI is InChI=1S/C38H62N4O16/c1-19(2)13-11-9-7-5-4-6-8-10-12-14-24(46)40-27-31(51)28(48)22(55-37(27)58-36-26(39-20(3)44)30(50)29(49)23(18-43)56-36)17-21(45)34-32(52)33(53)35(57-34)42-16-15-25(47)41-38(42)54/h12,14-16,19,21-23,26-37,43,45,48-53H,4-11,13,17-18H2,1-3H3,(H,39,44)(H,40,46)(H,41,47,54)/b14-12-/t21-,22+,23+,26-,27-,28-,29+,30+,31+,32-,33+,34-,35-,36-,37-/m0/s1. The molecule has 0 bridgehead atoms. The van der Waals surface area contributed by atoms with Crippen molar-refractivity contribution in [3.63, 3.8) is 0 Å². The van der Waals surface area contributed by atoms with Gasteiger partial charge in [0.05, 0.1) is 18.8 Å². The minimum Gasteiger partial charge on any atom is -0.394 e. The summed E-state index contributed by atoms with van der Waals surface area (Å²) in [5, 5.41) is 91.4. The van der Waals surface area contributed by atoms with Gasteiger partial charge in [-0.1, -0.05) is 64.9 Å². The summed E-state index contributed by atoms with van der Waals surface area (Å²) in [5.74, 6) is -0.641. The molecular weight excluding hydrogens is 768 g/mol. The van der Waals surface area contributed by atoms with Gasteiger partial charge in [0.1, 0.15) is 60.9 Å². The molecule has 15 atom stereocenters. The number of allylic oxidation sites excluding steroid dienone is 1. The van der Waals surface area contributed by atoms with E-state index in [1.807, 2.05) is 4.98 Å². The third-order valence-corrected chi connectivity index (χ3v) is 10.7. The average molecular weight is 831 g/mol. The molecule has 1 aromatic heterocycles. The van der Waals surface area contributed by atoms with Gasteiger partial charge in [-0.2, -0.15) is 0 Å². The van der Waals surface area contributed by atoms with Crippen LogP contribution in [0.25, 0.3) is 0 Å². The van der Waals surface area contributed by atoms with Gasteiger partial charge < -0.3 is 70.4 Å². The lowest BCUT2D eigenvalue weighted by Crippen LogP contribution is -2.68. The summed E-state index contributed by atoms with van der Waals surface area (Å²) in [6.45, 7) is 4.78. The van der Waals surface area contributed by atoms with E-state index < -0.39 is 128 Å². The van der Waals surface area contributed by atoms with Crippen LogP contribution in [0.1, 0.15) is 91.2 Å². The molecule has 2 amide bonds. The summed E-state index contributed by atoms with van der Waals surface area (Å²) in [6, 6.07) is -2.01. The van der Waals surface area contributed by atoms with Crippen LogP contribution in [0, 0.1) is 5.92 Å². The topological polar surface area (TPSA) is 312 Å². The number of nitrogens with one attached hydrogen (secondary N) is 3. The number of hydrogen-bond donors (Lipinski definition) is 11. The Balaban J connectivity index is 1.46. The van der Waals surface area contributed by atoms with Gasteiger partial charge in [-0.25, -0.2) is 4.79 Å². The lowest BCUT2D eigenvalue weighted by atomic mass is 9.91. The molecule has 20 nitrogen and oxygen atoms in total. The molecule has 0 unspecified atom stereocenters. The zero-order valence-electron chi connectivity index (χ0n) is 33.1. The van der Waals surface area contributed by atoms with Crippen LogP contribution in [-0.2, 0) is 28.5 Å². The number of carbonyl (C=O) groups excluding carboxylic acids is 2. The maximum atomic E-state index is 13.1. The fraction of sp³-hybridized carbons (Fsp3) is 0.789. The third-order valence-electron chi connectivity index (χ3n) is 10.7. The Kier molecular flexibility index (Phi) is 18.4. The van der Waals surface area contributed by atoms with E-state index in [9.17, 15) is 60.0 Å². The van der Waals surface area contributed by atoms with Crippen molar-refractivity contribution in [1.29, 1.82) is 0 Å². The van der Waals surface area contributed by atoms with E-state index in [2.05, 4.69) is 24.5 Å². The van der Waals surface area contributed by atoms with Crippen molar-refractivity contribution >= 4 is 11.8 Å². The highest BCUT2D eigenvalue weighted by Gasteiger charge is 2.53. The van der Waals surface area contributed by atoms with Crippen LogP contribution in [0.5, 0.6) is 0 Å². The molecule has 3 aliphatic heterocycles. The fourth-order valence-corrected chi connectivity index (χ4v) is 7.45. The van der Waals surface area contributed by atoms with E-state index in [1.165, 1.54) is 31.8 Å². The normalized spacial score (nSPS) is 34.7. The van der Waals surface area contributed by atoms with Crippen LogP contribution in [0.15, 0.2) is 34.0 Å². The number of rotatable bonds is 20. The molecular formula is C38H62N4O16. The van der Waals surface area contributed by atoms with Gasteiger partial charge >= 0.3 is 5.69 Å². The summed E-state index contributed by atoms with van der Waals surface area (Å²) in [5.41, 5.74) is -1.68. The Hall–Kier alpha value is -3.12. The smallest absolute Gasteiger partial charge is 0.330 e. The van der Waals surface area contributed by atoms with Crippen molar-refractivity contribution in [2.45, 2.75) is 177 Å². The maximum Gasteiger partial charge on any atom is 0.330 e. The van der Waals surface area contributed by atoms with E-state index in [4.69, 9.17) is 18.9 Å². The van der Waals surface area contributed by atoms with Gasteiger partial charge in [-0.05, 0) is 24.8 Å². The second-order valence-corrected chi connectivity index (χ2v) is 15.8. The molecule has 330 valence electrons. The molecule has 58 heavy (non-hydrogen) atoms. The monoisotopic (exact) mass is 830 g/mol. The van der Waals surface area contributed by atoms with Gasteiger partial charge in [0.15, 0.2) is 18.8 Å². The first-order valence-corrected chi connectivity index (χ1v) is 20.1. The van der Waals surface area contributed by atoms with Gasteiger partial charge in [-0.15, -0.1) is 0 Å². The van der Waals surface area contributed by atoms with Crippen molar-refractivity contribution in [3.05, 3.63) is 45.3 Å². The van der Waals surface area contributed by atoms with Crippen molar-refractivity contribution in [2.75, 3.05) is 6.61 Å². The van der Waals surface area contributed by atoms with E-state index in [-0.39, 0.29) is 0 Å². The summed E-state index contributed by atoms with van der Waals surface area (Å²) in [6.07, 6.45) is -8.97. The molecule has 4 rings (SSSR count). The Morgan fingerprint density at radius 3 is 2.02 bits per heavy atom. The fourth-order valence-electron chi connectivity index (χ4n) is 7.45. The first-order chi connectivity index (χ1) is 27.5. The number of nitrogens with zero attached hydrogens (tertiary/aromatic N) is 1. The molecule has 3 saturated heterocycles. The number of carbonyl (C=O) groups is 2. The molecule has 0 radical (unpaired) electrons. The highest BCUT2D eigenvalue weighted by atomic mass is 16.8. The molecule has 3 fully saturated rings. The molecule has 3 aliphatic rings. The largest absolute Gasteiger partial charge is 0.394 e. The van der Waals surface area contributed by atoms with Crippen LogP contribution in [0.4, 0.5) is 0 Å². The van der Waals surface area contributed by atoms with Crippen molar-refractivity contribution < 1.29 is 69.4 Å². The molecule has 11 N–H and O–H groups in total. The molecule has 20 heteroatoms. The molecule has 0 saturated carbocycles. The van der Waals surface area contributed by atoms with Crippen LogP contribution in [0.2, 0.25) is 0 Å². The summed E-state index contributed by atoms with van der Waals surface area (Å²) >= 11 is 0. The van der Waals surface area contributed by atoms with Crippen molar-refractivity contribution in [3.8, 4) is 0 Å². The first-order valence-electron chi connectivity index (χ1n) is 20.1. The zero-order chi connectivity index (χ0) is 42.7. The minimum atomic E-state index is -1.85. The third kappa shape index (κ3) is 12.7. The van der Waals surface area contributed by atoms with Crippen molar-refractivity contribution in [2.24, 2.45) is 5.92 Å². The lowest BCUT2D eigenvalue weighted by Gasteiger charge is -2.47. The Morgan fingerprint density at radius 1 is 0.828 bits per heavy atom. The number of aromatic nitrogens is 2. The number of ether oxygens (including phenoxy) is 4. The number of unbranched alkanes of at least 4 members (excludes halogenated alkanes) is 7. The van der Waals surface area contributed by atoms with E-state index >= 15 is 0 Å². The van der Waals surface area contributed by atoms with Crippen LogP contribution < -0.4 is 21.9 Å². The SMILES string of the molecule is CC(=O)N[C@@H]1[C@H](O[C@@H]2O[C@H](C[C@H](O)[C@@H]3O[C@H](n4ccc(=O)[nH]c4=O)[C@H](O)[C@@H]3O)[C@H](O)[C@H](O)[C@@H]2NC(=O)/C=C\CCCCCCCCCC(C)C)O[C@H](CO)[C@@H](O)[C@@H]1O. The van der Waals surface area contributed by atoms with E-state index in [0.717, 1.165) is 49.4 Å². The van der Waals surface area contributed by atoms with E-state index in [1.54, 1.807) is 6.08 Å². The molecule has 0 aliphatic carbocycles. The quantitative estimate of drug-likeness (QED) is 0.0479. The Labute approximate surface area is 335 Å². The summed E-state index contributed by atoms with van der Waals surface area (Å²) in [4.78, 5) is 51.1. The van der Waals surface area contributed by atoms with E-state index in [0.29, 0.717) is 12.3 Å². The van der Waals surface area contributed by atoms with Crippen LogP contribution >= 0.6 is 0 Å². The Bertz CT molecular complexity index is 1590. The second-order valence-electron chi connectivity index (χ2n) is 15.8. The van der Waals surface area contributed by atoms with Crippen LogP contribution in [0.3, 0.4) is 0 Å². The molecule has 0 spiro atoms. The zero-order valence-corrected chi connectivity index (χ0v) is 33.1. The number of aromatic amines is 1. The number of H-pyrrole nitrogens is 1. The van der Waals surface area contributed by atoms with Gasteiger partial charge in [0.2, 0.25) is 11.8 Å². The number of amides is 2. The summed E-state index contributed by atoms with van der Waals surface area (Å²) in [7, 11) is 0. The van der Waals surface area contributed by atoms with Crippen LogP contribution in [-0.4, -0.2) is 155 Å². The average Bonchev–Trinajstić information content (AvgIpc) is 3.46. The second kappa shape index (κ2) is 22.5. The Morgan fingerprint density at radius 2 is 1.41 bits per heavy atom. The molecule has 0 aromatic carbocycles. The predicted molar refractivity (Wildman–Crippen MR) is 202 cm³/mol. The minimum absolute atomic E-state index is 0.598. The molecule has 1 aromatic rings. The summed E-state index contributed by atoms with van der Waals surface area (Å²) < 4.78 is 24.1. The predicted octanol–water partition coefficient (Wildman–Crippen LogP) is -2.48. The number of aliphatic hydroxyl groups is 8. The van der Waals surface area contributed by atoms with Gasteiger partial charge in [0.25, 0.3) is 5.56 Å². The lowest BCUT2D eigenvalue weighted by molar-refractivity contribution is -0.346. The number of hydrogen-bond acceptors (Lipinski definition) is 16. The van der Waals surface area contributed by atoms with Crippen molar-refractivity contribution in [1.82, 2.24) is 20.2 Å². The molecule has 4 heterocycles. The highest BCUT2D eigenvalue weighted by molar-refractivity contribution is 5.87.